The summed E-state index contributed by atoms with van der Waals surface area (Å²) >= 11 is 7.16. The van der Waals surface area contributed by atoms with Crippen molar-refractivity contribution >= 4 is 23.4 Å². The summed E-state index contributed by atoms with van der Waals surface area (Å²) in [7, 11) is 1.43. The summed E-state index contributed by atoms with van der Waals surface area (Å²) in [6, 6.07) is 0.835. The van der Waals surface area contributed by atoms with Crippen LogP contribution >= 0.6 is 23.4 Å². The largest absolute Gasteiger partial charge is 0.394 e. The zero-order valence-corrected chi connectivity index (χ0v) is 13.2. The first-order valence-electron chi connectivity index (χ1n) is 6.39. The summed E-state index contributed by atoms with van der Waals surface area (Å²) in [5, 5.41) is 23.5. The van der Waals surface area contributed by atoms with Crippen LogP contribution in [0.3, 0.4) is 0 Å². The number of ether oxygens (including phenoxy) is 2. The third kappa shape index (κ3) is 3.82. The van der Waals surface area contributed by atoms with Gasteiger partial charge in [-0.3, -0.25) is 4.98 Å². The monoisotopic (exact) mass is 346 g/mol. The van der Waals surface area contributed by atoms with Crippen LogP contribution in [0, 0.1) is 0 Å². The van der Waals surface area contributed by atoms with Gasteiger partial charge in [-0.05, 0) is 11.6 Å². The molecule has 0 aliphatic carbocycles. The molecule has 0 bridgehead atoms. The number of rotatable bonds is 5. The number of aromatic nitrogens is 1. The molecular formula is C12H15ClN4O4S. The zero-order chi connectivity index (χ0) is 16.1. The third-order valence-corrected chi connectivity index (χ3v) is 4.53. The quantitative estimate of drug-likeness (QED) is 0.474. The van der Waals surface area contributed by atoms with Gasteiger partial charge in [0.2, 0.25) is 0 Å². The molecule has 1 fully saturated rings. The zero-order valence-electron chi connectivity index (χ0n) is 11.6. The summed E-state index contributed by atoms with van der Waals surface area (Å²) in [5.41, 5.74) is 8.08. The van der Waals surface area contributed by atoms with Crippen LogP contribution in [-0.4, -0.2) is 58.7 Å². The molecule has 0 saturated carbocycles. The molecule has 1 aliphatic rings. The van der Waals surface area contributed by atoms with Gasteiger partial charge < -0.3 is 19.7 Å². The van der Waals surface area contributed by atoms with Crippen LogP contribution in [0.4, 0.5) is 0 Å². The second kappa shape index (κ2) is 7.98. The Morgan fingerprint density at radius 3 is 2.95 bits per heavy atom. The molecule has 0 aromatic carbocycles. The number of aliphatic hydroxyl groups is 2. The number of thioether (sulfide) groups is 1. The summed E-state index contributed by atoms with van der Waals surface area (Å²) < 4.78 is 11.0. The van der Waals surface area contributed by atoms with E-state index in [1.807, 2.05) is 0 Å². The van der Waals surface area contributed by atoms with Gasteiger partial charge in [0, 0.05) is 29.3 Å². The van der Waals surface area contributed by atoms with E-state index in [9.17, 15) is 10.2 Å². The van der Waals surface area contributed by atoms with Gasteiger partial charge in [0.05, 0.1) is 23.8 Å². The van der Waals surface area contributed by atoms with Crippen LogP contribution in [0.2, 0.25) is 5.02 Å². The molecule has 0 unspecified atom stereocenters. The fraction of sp³-hybridized carbons (Fsp3) is 0.583. The van der Waals surface area contributed by atoms with Crippen LogP contribution in [0.1, 0.15) is 0 Å². The van der Waals surface area contributed by atoms with Crippen molar-refractivity contribution in [1.82, 2.24) is 4.98 Å². The van der Waals surface area contributed by atoms with E-state index in [1.165, 1.54) is 25.1 Å². The maximum absolute atomic E-state index is 10.1. The Hall–Kier alpha value is -1.06. The number of aliphatic hydroxyl groups excluding tert-OH is 2. The van der Waals surface area contributed by atoms with Gasteiger partial charge >= 0.3 is 0 Å². The smallest absolute Gasteiger partial charge is 0.134 e. The van der Waals surface area contributed by atoms with Crippen molar-refractivity contribution in [3.05, 3.63) is 33.9 Å². The predicted molar refractivity (Wildman–Crippen MR) is 80.6 cm³/mol. The van der Waals surface area contributed by atoms with Crippen molar-refractivity contribution in [3.8, 4) is 0 Å². The highest BCUT2D eigenvalue weighted by Crippen LogP contribution is 2.36. The average Bonchev–Trinajstić information content (AvgIpc) is 2.50. The maximum Gasteiger partial charge on any atom is 0.134 e. The molecule has 1 saturated heterocycles. The van der Waals surface area contributed by atoms with Gasteiger partial charge in [-0.25, -0.2) is 0 Å². The highest BCUT2D eigenvalue weighted by molar-refractivity contribution is 7.99. The molecule has 120 valence electrons. The van der Waals surface area contributed by atoms with Gasteiger partial charge in [0.1, 0.15) is 17.6 Å². The second-order valence-corrected chi connectivity index (χ2v) is 6.18. The Morgan fingerprint density at radius 1 is 1.59 bits per heavy atom. The summed E-state index contributed by atoms with van der Waals surface area (Å²) in [6.45, 7) is -0.403. The fourth-order valence-corrected chi connectivity index (χ4v) is 3.61. The number of nitrogens with zero attached hydrogens (tertiary/aromatic N) is 4. The highest BCUT2D eigenvalue weighted by atomic mass is 35.5. The summed E-state index contributed by atoms with van der Waals surface area (Å²) in [6.07, 6.45) is 0.405. The van der Waals surface area contributed by atoms with Crippen LogP contribution in [0.25, 0.3) is 10.4 Å². The SMILES string of the molecule is CO[C@@H]1[C@@H](N=[N+]=[N-])[C@@H](O)[C@@H](CO)O[C@@H]1Sc1cncc(Cl)c1. The van der Waals surface area contributed by atoms with Crippen molar-refractivity contribution in [2.75, 3.05) is 13.7 Å². The Bertz CT molecular complexity index is 560. The Labute approximate surface area is 136 Å². The van der Waals surface area contributed by atoms with Crippen LogP contribution in [-0.2, 0) is 9.47 Å². The average molecular weight is 347 g/mol. The molecule has 0 spiro atoms. The van der Waals surface area contributed by atoms with Crippen molar-refractivity contribution < 1.29 is 19.7 Å². The topological polar surface area (TPSA) is 121 Å². The Morgan fingerprint density at radius 2 is 2.36 bits per heavy atom. The van der Waals surface area contributed by atoms with Gasteiger partial charge in [-0.1, -0.05) is 28.5 Å². The Kier molecular flexibility index (Phi) is 6.27. The normalized spacial score (nSPS) is 31.5. The van der Waals surface area contributed by atoms with Crippen LogP contribution < -0.4 is 0 Å². The van der Waals surface area contributed by atoms with E-state index < -0.39 is 36.4 Å². The van der Waals surface area contributed by atoms with Gasteiger partial charge in [0.25, 0.3) is 0 Å². The van der Waals surface area contributed by atoms with Crippen molar-refractivity contribution in [3.63, 3.8) is 0 Å². The van der Waals surface area contributed by atoms with Crippen LogP contribution in [0.15, 0.2) is 28.5 Å². The molecule has 1 aliphatic heterocycles. The van der Waals surface area contributed by atoms with Crippen molar-refractivity contribution in [2.24, 2.45) is 5.11 Å². The molecule has 0 amide bonds. The van der Waals surface area contributed by atoms with Gasteiger partial charge in [-0.15, -0.1) is 0 Å². The number of azide groups is 1. The summed E-state index contributed by atoms with van der Waals surface area (Å²) in [5.74, 6) is 0. The molecule has 5 atom stereocenters. The fourth-order valence-electron chi connectivity index (χ4n) is 2.19. The predicted octanol–water partition coefficient (Wildman–Crippen LogP) is 1.60. The van der Waals surface area contributed by atoms with E-state index in [2.05, 4.69) is 15.0 Å². The first kappa shape index (κ1) is 17.3. The lowest BCUT2D eigenvalue weighted by atomic mass is 9.98. The number of halogens is 1. The van der Waals surface area contributed by atoms with E-state index in [0.717, 1.165) is 4.90 Å². The number of methoxy groups -OCH3 is 1. The first-order chi connectivity index (χ1) is 10.6. The minimum absolute atomic E-state index is 0.403. The maximum atomic E-state index is 10.1. The summed E-state index contributed by atoms with van der Waals surface area (Å²) in [4.78, 5) is 7.45. The molecule has 2 N–H and O–H groups in total. The molecule has 10 heteroatoms. The van der Waals surface area contributed by atoms with E-state index in [4.69, 9.17) is 26.6 Å². The lowest BCUT2D eigenvalue weighted by Crippen LogP contribution is -2.57. The second-order valence-electron chi connectivity index (χ2n) is 4.57. The number of hydrogen-bond donors (Lipinski definition) is 2. The third-order valence-electron chi connectivity index (χ3n) is 3.21. The lowest BCUT2D eigenvalue weighted by Gasteiger charge is -2.41. The molecule has 22 heavy (non-hydrogen) atoms. The van der Waals surface area contributed by atoms with E-state index in [1.54, 1.807) is 12.3 Å². The van der Waals surface area contributed by atoms with Crippen molar-refractivity contribution in [1.29, 1.82) is 0 Å². The molecule has 0 radical (unpaired) electrons. The minimum atomic E-state index is -1.15. The van der Waals surface area contributed by atoms with E-state index in [0.29, 0.717) is 5.02 Å². The number of pyridine rings is 1. The molecule has 8 nitrogen and oxygen atoms in total. The number of hydrogen-bond acceptors (Lipinski definition) is 7. The molecular weight excluding hydrogens is 332 g/mol. The molecule has 2 heterocycles. The first-order valence-corrected chi connectivity index (χ1v) is 7.65. The van der Waals surface area contributed by atoms with Crippen molar-refractivity contribution in [2.45, 2.75) is 34.7 Å². The van der Waals surface area contributed by atoms with Gasteiger partial charge in [-0.2, -0.15) is 0 Å². The van der Waals surface area contributed by atoms with E-state index >= 15 is 0 Å². The van der Waals surface area contributed by atoms with E-state index in [-0.39, 0.29) is 0 Å². The molecule has 1 aromatic rings. The standard InChI is InChI=1S/C12H15ClN4O4S/c1-20-11-9(16-17-14)10(19)8(5-18)21-12(11)22-7-2-6(13)3-15-4-7/h2-4,8-12,18-19H,5H2,1H3/t8-,9+,10+,11-,12-/m1/s1. The highest BCUT2D eigenvalue weighted by Gasteiger charge is 2.45. The minimum Gasteiger partial charge on any atom is -0.394 e. The Balaban J connectivity index is 2.25. The molecule has 1 aromatic heterocycles. The lowest BCUT2D eigenvalue weighted by molar-refractivity contribution is -0.167. The van der Waals surface area contributed by atoms with Gasteiger partial charge in [0.15, 0.2) is 0 Å². The van der Waals surface area contributed by atoms with Crippen LogP contribution in [0.5, 0.6) is 0 Å². The molecule has 2 rings (SSSR count).